The molecular weight excluding hydrogens is 589 g/mol. The lowest BCUT2D eigenvalue weighted by Crippen LogP contribution is -1.97. The van der Waals surface area contributed by atoms with Crippen LogP contribution in [0.4, 0.5) is 0 Å². The molecule has 0 radical (unpaired) electrons. The van der Waals surface area contributed by atoms with Crippen LogP contribution >= 0.6 is 11.3 Å². The molecule has 0 aliphatic carbocycles. The van der Waals surface area contributed by atoms with E-state index in [-0.39, 0.29) is 0 Å². The molecule has 0 spiro atoms. The number of hydrogen-bond donors (Lipinski definition) is 0. The van der Waals surface area contributed by atoms with Gasteiger partial charge < -0.3 is 9.13 Å². The summed E-state index contributed by atoms with van der Waals surface area (Å²) in [6, 6.07) is 55.4. The number of hydrogen-bond acceptors (Lipinski definition) is 1. The highest BCUT2D eigenvalue weighted by Gasteiger charge is 2.22. The molecular formula is C44H26N2S. The minimum Gasteiger partial charge on any atom is -0.309 e. The van der Waals surface area contributed by atoms with E-state index in [1.807, 2.05) is 12.1 Å². The highest BCUT2D eigenvalue weighted by atomic mass is 32.1. The minimum absolute atomic E-state index is 0.576. The Morgan fingerprint density at radius 1 is 0.426 bits per heavy atom. The summed E-state index contributed by atoms with van der Waals surface area (Å²) in [5.74, 6) is 0. The van der Waals surface area contributed by atoms with Crippen molar-refractivity contribution in [2.24, 2.45) is 0 Å². The second-order valence-electron chi connectivity index (χ2n) is 12.4. The summed E-state index contributed by atoms with van der Waals surface area (Å²) in [6.07, 6.45) is 0. The summed E-state index contributed by atoms with van der Waals surface area (Å²) in [6.45, 7) is 0. The lowest BCUT2D eigenvalue weighted by atomic mass is 10.0. The quantitative estimate of drug-likeness (QED) is 0.183. The molecule has 0 unspecified atom stereocenters. The third kappa shape index (κ3) is 3.39. The molecule has 218 valence electrons. The Labute approximate surface area is 275 Å². The summed E-state index contributed by atoms with van der Waals surface area (Å²) in [5.41, 5.74) is 7.08. The molecule has 0 fully saturated rings. The maximum Gasteiger partial charge on any atom is 0.0719 e. The van der Waals surface area contributed by atoms with Crippen molar-refractivity contribution in [3.63, 3.8) is 0 Å². The molecule has 11 aromatic rings. The average molecular weight is 616 g/mol. The Morgan fingerprint density at radius 2 is 1.13 bits per heavy atom. The molecule has 0 aliphatic rings. The van der Waals surface area contributed by atoms with Crippen LogP contribution in [0, 0.1) is 0 Å². The summed E-state index contributed by atoms with van der Waals surface area (Å²) in [5, 5.41) is 12.3. The molecule has 0 saturated heterocycles. The van der Waals surface area contributed by atoms with Crippen molar-refractivity contribution in [2.45, 2.75) is 0 Å². The molecule has 0 N–H and O–H groups in total. The molecule has 0 amide bonds. The van der Waals surface area contributed by atoms with Crippen molar-refractivity contribution in [1.29, 1.82) is 0 Å². The number of aromatic nitrogens is 2. The zero-order valence-electron chi connectivity index (χ0n) is 26.2. The zero-order valence-corrected chi connectivity index (χ0v) is 26.1. The Hall–Kier alpha value is -5.90. The highest BCUT2D eigenvalue weighted by Crippen LogP contribution is 2.46. The number of rotatable bonds is 2. The topological polar surface area (TPSA) is 9.86 Å². The zero-order chi connectivity index (χ0) is 31.5. The summed E-state index contributed by atoms with van der Waals surface area (Å²) in [7, 11) is 0. The second kappa shape index (κ2) is 9.32. The second-order valence-corrected chi connectivity index (χ2v) is 13.4. The van der Waals surface area contributed by atoms with E-state index in [4.69, 9.17) is 1.37 Å². The smallest absolute Gasteiger partial charge is 0.0719 e. The van der Waals surface area contributed by atoms with Crippen molar-refractivity contribution in [1.82, 2.24) is 9.13 Å². The lowest BCUT2D eigenvalue weighted by molar-refractivity contribution is 1.18. The number of fused-ring (bicyclic) bond motifs is 12. The Balaban J connectivity index is 1.39. The van der Waals surface area contributed by atoms with Gasteiger partial charge in [-0.25, -0.2) is 0 Å². The first-order chi connectivity index (χ1) is 23.7. The van der Waals surface area contributed by atoms with Crippen LogP contribution < -0.4 is 0 Å². The minimum atomic E-state index is 0.576. The fourth-order valence-corrected chi connectivity index (χ4v) is 9.20. The van der Waals surface area contributed by atoms with E-state index < -0.39 is 0 Å². The van der Waals surface area contributed by atoms with E-state index in [2.05, 4.69) is 149 Å². The predicted molar refractivity (Wildman–Crippen MR) is 203 cm³/mol. The van der Waals surface area contributed by atoms with Crippen LogP contribution in [0.3, 0.4) is 0 Å². The van der Waals surface area contributed by atoms with Crippen molar-refractivity contribution in [3.8, 4) is 11.4 Å². The van der Waals surface area contributed by atoms with E-state index in [1.165, 1.54) is 80.9 Å². The standard InChI is InChI=1S/C44H26N2S/c1-2-14-29(15-3-1)45-38-23-22-27-12-4-6-16-30(27)42(38)36-25-34-32-18-8-10-20-37(32)46(39(34)26-40(36)45)43-31-17-7-5-13-28(31)24-35-33-19-9-11-21-41(33)47-44(35)43/h1-26H/i21D. The van der Waals surface area contributed by atoms with Crippen molar-refractivity contribution < 1.29 is 1.37 Å². The van der Waals surface area contributed by atoms with Crippen molar-refractivity contribution in [3.05, 3.63) is 158 Å². The molecule has 8 aromatic carbocycles. The van der Waals surface area contributed by atoms with Gasteiger partial charge in [0.15, 0.2) is 0 Å². The highest BCUT2D eigenvalue weighted by molar-refractivity contribution is 7.26. The first kappa shape index (κ1) is 24.3. The summed E-state index contributed by atoms with van der Waals surface area (Å²) >= 11 is 1.74. The van der Waals surface area contributed by atoms with Gasteiger partial charge in [-0.3, -0.25) is 0 Å². The molecule has 0 bridgehead atoms. The normalized spacial score (nSPS) is 12.6. The molecule has 11 rings (SSSR count). The van der Waals surface area contributed by atoms with Gasteiger partial charge in [0.1, 0.15) is 0 Å². The molecule has 3 heterocycles. The first-order valence-corrected chi connectivity index (χ1v) is 16.8. The van der Waals surface area contributed by atoms with Crippen LogP contribution in [0.2, 0.25) is 0 Å². The van der Waals surface area contributed by atoms with Crippen LogP contribution in [-0.4, -0.2) is 9.13 Å². The van der Waals surface area contributed by atoms with E-state index in [9.17, 15) is 0 Å². The lowest BCUT2D eigenvalue weighted by Gasteiger charge is -2.14. The van der Waals surface area contributed by atoms with Gasteiger partial charge in [-0.2, -0.15) is 0 Å². The predicted octanol–water partition coefficient (Wildman–Crippen LogP) is 12.6. The van der Waals surface area contributed by atoms with Gasteiger partial charge in [0.25, 0.3) is 0 Å². The van der Waals surface area contributed by atoms with Crippen molar-refractivity contribution >= 4 is 96.7 Å². The SMILES string of the molecule is [2H]c1cccc2c1sc1c(-n3c4ccccc4c4cc5c6c7ccccc7ccc6n(-c6ccccc6)c5cc43)c3ccccc3cc12. The molecule has 47 heavy (non-hydrogen) atoms. The molecule has 0 atom stereocenters. The molecule has 0 aliphatic heterocycles. The maximum atomic E-state index is 8.79. The van der Waals surface area contributed by atoms with E-state index in [0.717, 1.165) is 15.8 Å². The number of nitrogens with zero attached hydrogens (tertiary/aromatic N) is 2. The molecule has 2 nitrogen and oxygen atoms in total. The van der Waals surface area contributed by atoms with Gasteiger partial charge in [-0.05, 0) is 64.7 Å². The molecule has 3 heteroatoms. The third-order valence-corrected chi connectivity index (χ3v) is 11.1. The third-order valence-electron chi connectivity index (χ3n) is 9.97. The first-order valence-electron chi connectivity index (χ1n) is 16.5. The number of benzene rings is 8. The number of para-hydroxylation sites is 2. The summed E-state index contributed by atoms with van der Waals surface area (Å²) in [4.78, 5) is 0. The summed E-state index contributed by atoms with van der Waals surface area (Å²) < 4.78 is 16.0. The fourth-order valence-electron chi connectivity index (χ4n) is 8.00. The monoisotopic (exact) mass is 615 g/mol. The molecule has 0 saturated carbocycles. The van der Waals surface area contributed by atoms with E-state index >= 15 is 0 Å². The van der Waals surface area contributed by atoms with Gasteiger partial charge in [0.05, 0.1) is 33.8 Å². The average Bonchev–Trinajstić information content (AvgIpc) is 3.78. The molecule has 3 aromatic heterocycles. The Bertz CT molecular complexity index is 3130. The largest absolute Gasteiger partial charge is 0.309 e. The van der Waals surface area contributed by atoms with E-state index in [0.29, 0.717) is 6.04 Å². The van der Waals surface area contributed by atoms with Crippen LogP contribution in [0.15, 0.2) is 158 Å². The maximum absolute atomic E-state index is 8.79. The van der Waals surface area contributed by atoms with Crippen LogP contribution in [-0.2, 0) is 0 Å². The fraction of sp³-hybridized carbons (Fsp3) is 0. The van der Waals surface area contributed by atoms with E-state index in [1.54, 1.807) is 11.3 Å². The van der Waals surface area contributed by atoms with Crippen LogP contribution in [0.5, 0.6) is 0 Å². The van der Waals surface area contributed by atoms with Crippen LogP contribution in [0.1, 0.15) is 1.37 Å². The van der Waals surface area contributed by atoms with Gasteiger partial charge in [0.2, 0.25) is 0 Å². The van der Waals surface area contributed by atoms with Gasteiger partial charge in [-0.1, -0.05) is 109 Å². The Morgan fingerprint density at radius 3 is 2.02 bits per heavy atom. The van der Waals surface area contributed by atoms with Gasteiger partial charge >= 0.3 is 0 Å². The van der Waals surface area contributed by atoms with Gasteiger partial charge in [-0.15, -0.1) is 11.3 Å². The number of thiophene rings is 1. The van der Waals surface area contributed by atoms with Crippen LogP contribution in [0.25, 0.3) is 96.7 Å². The van der Waals surface area contributed by atoms with Gasteiger partial charge in [0, 0.05) is 48.1 Å². The van der Waals surface area contributed by atoms with Crippen molar-refractivity contribution in [2.75, 3.05) is 0 Å². The Kier molecular flexibility index (Phi) is 4.83.